The van der Waals surface area contributed by atoms with Crippen LogP contribution in [0, 0.1) is 15.9 Å². The predicted molar refractivity (Wildman–Crippen MR) is 54.0 cm³/mol. The van der Waals surface area contributed by atoms with E-state index < -0.39 is 20.4 Å². The summed E-state index contributed by atoms with van der Waals surface area (Å²) in [5, 5.41) is 10.3. The van der Waals surface area contributed by atoms with Crippen LogP contribution < -0.4 is 4.74 Å². The molecule has 0 amide bonds. The summed E-state index contributed by atoms with van der Waals surface area (Å²) in [6.07, 6.45) is 0. The average molecular weight is 274 g/mol. The third-order valence-electron chi connectivity index (χ3n) is 1.35. The van der Waals surface area contributed by atoms with Crippen LogP contribution in [0.25, 0.3) is 0 Å². The zero-order valence-electron chi connectivity index (χ0n) is 6.92. The maximum absolute atomic E-state index is 13.1. The lowest BCUT2D eigenvalue weighted by molar-refractivity contribution is -0.385. The highest BCUT2D eigenvalue weighted by atomic mass is 35.6. The van der Waals surface area contributed by atoms with E-state index in [0.717, 1.165) is 12.1 Å². The molecule has 0 atom stereocenters. The number of ether oxygens (including phenoxy) is 1. The number of nitro groups is 1. The molecule has 0 heterocycles. The van der Waals surface area contributed by atoms with Crippen molar-refractivity contribution in [3.8, 4) is 5.75 Å². The molecule has 1 rings (SSSR count). The van der Waals surface area contributed by atoms with E-state index in [0.29, 0.717) is 6.07 Å². The smallest absolute Gasteiger partial charge is 0.338 e. The maximum atomic E-state index is 13.1. The molecule has 0 aliphatic carbocycles. The van der Waals surface area contributed by atoms with Gasteiger partial charge in [-0.05, 0) is 40.9 Å². The molecule has 0 saturated heterocycles. The Morgan fingerprint density at radius 3 is 2.40 bits per heavy atom. The van der Waals surface area contributed by atoms with Crippen LogP contribution >= 0.6 is 34.8 Å². The Morgan fingerprint density at radius 1 is 1.40 bits per heavy atom. The number of nitrogens with zero attached hydrogens (tertiary/aromatic N) is 1. The fourth-order valence-corrected chi connectivity index (χ4v) is 1.06. The van der Waals surface area contributed by atoms with Gasteiger partial charge >= 0.3 is 3.98 Å². The molecule has 0 spiro atoms. The van der Waals surface area contributed by atoms with Crippen molar-refractivity contribution in [1.82, 2.24) is 0 Å². The Hall–Kier alpha value is -0.780. The van der Waals surface area contributed by atoms with Crippen molar-refractivity contribution >= 4 is 40.5 Å². The topological polar surface area (TPSA) is 52.4 Å². The van der Waals surface area contributed by atoms with Crippen LogP contribution in [0.15, 0.2) is 18.2 Å². The summed E-state index contributed by atoms with van der Waals surface area (Å²) in [6.45, 7) is 0. The first-order valence-corrected chi connectivity index (χ1v) is 4.62. The maximum Gasteiger partial charge on any atom is 0.338 e. The Labute approximate surface area is 98.6 Å². The molecular formula is C7H3Cl3FNO3. The quantitative estimate of drug-likeness (QED) is 0.471. The minimum Gasteiger partial charge on any atom is -0.442 e. The van der Waals surface area contributed by atoms with E-state index in [9.17, 15) is 14.5 Å². The summed E-state index contributed by atoms with van der Waals surface area (Å²) in [5.74, 6) is -1.35. The molecule has 0 radical (unpaired) electrons. The number of rotatable bonds is 2. The van der Waals surface area contributed by atoms with Gasteiger partial charge in [0.1, 0.15) is 0 Å². The molecule has 0 unspecified atom stereocenters. The van der Waals surface area contributed by atoms with Crippen LogP contribution in [0.5, 0.6) is 5.75 Å². The fraction of sp³-hybridized carbons (Fsp3) is 0.143. The number of hydrogen-bond donors (Lipinski definition) is 0. The van der Waals surface area contributed by atoms with Gasteiger partial charge in [-0.15, -0.1) is 0 Å². The van der Waals surface area contributed by atoms with Gasteiger partial charge in [-0.3, -0.25) is 10.1 Å². The third-order valence-corrected chi connectivity index (χ3v) is 1.58. The molecule has 15 heavy (non-hydrogen) atoms. The highest BCUT2D eigenvalue weighted by Crippen LogP contribution is 2.32. The van der Waals surface area contributed by atoms with Crippen molar-refractivity contribution in [1.29, 1.82) is 0 Å². The number of halogens is 4. The van der Waals surface area contributed by atoms with Gasteiger partial charge in [0, 0.05) is 6.07 Å². The molecule has 82 valence electrons. The lowest BCUT2D eigenvalue weighted by Gasteiger charge is -2.13. The Bertz CT molecular complexity index is 394. The van der Waals surface area contributed by atoms with Gasteiger partial charge in [0.05, 0.1) is 11.0 Å². The van der Waals surface area contributed by atoms with E-state index in [-0.39, 0.29) is 5.75 Å². The van der Waals surface area contributed by atoms with Gasteiger partial charge in [0.25, 0.3) is 5.69 Å². The Balaban J connectivity index is 2.99. The van der Waals surface area contributed by atoms with Crippen LogP contribution in [0.2, 0.25) is 0 Å². The van der Waals surface area contributed by atoms with E-state index in [1.165, 1.54) is 0 Å². The second kappa shape index (κ2) is 4.38. The van der Waals surface area contributed by atoms with Crippen molar-refractivity contribution in [2.75, 3.05) is 0 Å². The second-order valence-electron chi connectivity index (χ2n) is 2.42. The third kappa shape index (κ3) is 3.70. The first-order chi connectivity index (χ1) is 6.79. The Kier molecular flexibility index (Phi) is 3.59. The highest BCUT2D eigenvalue weighted by Gasteiger charge is 2.24. The monoisotopic (exact) mass is 273 g/mol. The SMILES string of the molecule is O=[N+]([O-])c1ccc(OC(Cl)(Cl)Cl)c(F)c1. The van der Waals surface area contributed by atoms with E-state index in [4.69, 9.17) is 34.8 Å². The zero-order chi connectivity index (χ0) is 11.6. The van der Waals surface area contributed by atoms with Crippen LogP contribution in [0.1, 0.15) is 0 Å². The van der Waals surface area contributed by atoms with Crippen LogP contribution in [-0.4, -0.2) is 8.90 Å². The molecule has 1 aromatic carbocycles. The largest absolute Gasteiger partial charge is 0.442 e. The van der Waals surface area contributed by atoms with Crippen LogP contribution in [0.3, 0.4) is 0 Å². The first-order valence-electron chi connectivity index (χ1n) is 3.49. The second-order valence-corrected chi connectivity index (χ2v) is 4.60. The summed E-state index contributed by atoms with van der Waals surface area (Å²) >= 11 is 15.8. The zero-order valence-corrected chi connectivity index (χ0v) is 9.18. The molecule has 4 nitrogen and oxygen atoms in total. The van der Waals surface area contributed by atoms with Crippen LogP contribution in [-0.2, 0) is 0 Å². The first kappa shape index (κ1) is 12.3. The molecule has 0 N–H and O–H groups in total. The molecule has 8 heteroatoms. The van der Waals surface area contributed by atoms with Crippen molar-refractivity contribution in [2.24, 2.45) is 0 Å². The normalized spacial score (nSPS) is 11.2. The van der Waals surface area contributed by atoms with Crippen molar-refractivity contribution in [3.05, 3.63) is 34.1 Å². The number of alkyl halides is 3. The molecule has 0 aliphatic rings. The van der Waals surface area contributed by atoms with Gasteiger partial charge in [-0.1, -0.05) is 0 Å². The van der Waals surface area contributed by atoms with E-state index in [2.05, 4.69) is 4.74 Å². The van der Waals surface area contributed by atoms with Gasteiger partial charge in [0.15, 0.2) is 11.6 Å². The van der Waals surface area contributed by atoms with Gasteiger partial charge in [0.2, 0.25) is 0 Å². The summed E-state index contributed by atoms with van der Waals surface area (Å²) in [7, 11) is 0. The van der Waals surface area contributed by atoms with Crippen LogP contribution in [0.4, 0.5) is 10.1 Å². The summed E-state index contributed by atoms with van der Waals surface area (Å²) in [6, 6.07) is 2.72. The number of nitro benzene ring substituents is 1. The lowest BCUT2D eigenvalue weighted by Crippen LogP contribution is -2.13. The van der Waals surface area contributed by atoms with Crippen molar-refractivity contribution in [3.63, 3.8) is 0 Å². The molecule has 0 fully saturated rings. The molecular weight excluding hydrogens is 271 g/mol. The minimum absolute atomic E-state index is 0.374. The number of benzene rings is 1. The summed E-state index contributed by atoms with van der Waals surface area (Å²) in [5.41, 5.74) is -0.413. The minimum atomic E-state index is -2.11. The molecule has 1 aromatic rings. The van der Waals surface area contributed by atoms with Crippen molar-refractivity contribution in [2.45, 2.75) is 3.98 Å². The van der Waals surface area contributed by atoms with Gasteiger partial charge < -0.3 is 4.74 Å². The molecule has 0 saturated carbocycles. The van der Waals surface area contributed by atoms with E-state index in [1.807, 2.05) is 0 Å². The Morgan fingerprint density at radius 2 is 2.00 bits per heavy atom. The van der Waals surface area contributed by atoms with Gasteiger partial charge in [-0.2, -0.15) is 0 Å². The highest BCUT2D eigenvalue weighted by molar-refractivity contribution is 6.66. The standard InChI is InChI=1S/C7H3Cl3FNO3/c8-7(9,10)15-6-2-1-4(12(13)14)3-5(6)11/h1-3H. The summed E-state index contributed by atoms with van der Waals surface area (Å²) in [4.78, 5) is 9.52. The number of hydrogen-bond acceptors (Lipinski definition) is 3. The average Bonchev–Trinajstić information content (AvgIpc) is 2.05. The van der Waals surface area contributed by atoms with Gasteiger partial charge in [-0.25, -0.2) is 4.39 Å². The van der Waals surface area contributed by atoms with E-state index >= 15 is 0 Å². The van der Waals surface area contributed by atoms with E-state index in [1.54, 1.807) is 0 Å². The molecule has 0 aliphatic heterocycles. The number of non-ortho nitro benzene ring substituents is 1. The molecule has 0 aromatic heterocycles. The molecule has 0 bridgehead atoms. The predicted octanol–water partition coefficient (Wildman–Crippen LogP) is 3.44. The lowest BCUT2D eigenvalue weighted by atomic mass is 10.3. The van der Waals surface area contributed by atoms with Crippen molar-refractivity contribution < 1.29 is 14.1 Å². The fourth-order valence-electron chi connectivity index (χ4n) is 0.811. The summed E-state index contributed by atoms with van der Waals surface area (Å²) < 4.78 is 15.6.